The second-order valence-corrected chi connectivity index (χ2v) is 5.77. The van der Waals surface area contributed by atoms with Crippen LogP contribution in [-0.4, -0.2) is 16.7 Å². The molecule has 0 unspecified atom stereocenters. The van der Waals surface area contributed by atoms with E-state index in [4.69, 9.17) is 5.73 Å². The lowest BCUT2D eigenvalue weighted by molar-refractivity contribution is -0.130. The van der Waals surface area contributed by atoms with Crippen molar-refractivity contribution in [3.05, 3.63) is 72.0 Å². The predicted octanol–water partition coefficient (Wildman–Crippen LogP) is 3.05. The van der Waals surface area contributed by atoms with Crippen molar-refractivity contribution >= 4 is 11.8 Å². The molecule has 1 aliphatic heterocycles. The predicted molar refractivity (Wildman–Crippen MR) is 99.0 cm³/mol. The maximum atomic E-state index is 12.8. The van der Waals surface area contributed by atoms with Crippen LogP contribution in [0.1, 0.15) is 36.8 Å². The monoisotopic (exact) mass is 334 g/mol. The fraction of sp³-hybridized carbons (Fsp3) is 0.238. The van der Waals surface area contributed by atoms with Gasteiger partial charge in [0.15, 0.2) is 0 Å². The topological polar surface area (TPSA) is 63.4 Å². The molecule has 0 saturated carbocycles. The number of nitrogens with zero attached hydrogens (tertiary/aromatic N) is 1. The summed E-state index contributed by atoms with van der Waals surface area (Å²) in [5.41, 5.74) is 8.37. The maximum absolute atomic E-state index is 12.8. The summed E-state index contributed by atoms with van der Waals surface area (Å²) in [6, 6.07) is 7.77. The van der Waals surface area contributed by atoms with Crippen molar-refractivity contribution in [1.82, 2.24) is 4.90 Å². The number of amides is 2. The normalized spacial score (nSPS) is 15.9. The molecule has 25 heavy (non-hydrogen) atoms. The molecule has 0 aromatic heterocycles. The lowest BCUT2D eigenvalue weighted by Gasteiger charge is -2.26. The summed E-state index contributed by atoms with van der Waals surface area (Å²) in [7, 11) is 0. The molecule has 2 rings (SSSR count). The van der Waals surface area contributed by atoms with Crippen LogP contribution < -0.4 is 5.73 Å². The molecular formula is C21H22N2O2. The van der Waals surface area contributed by atoms with E-state index >= 15 is 0 Å². The summed E-state index contributed by atoms with van der Waals surface area (Å²) in [5, 5.41) is 0. The smallest absolute Gasteiger partial charge is 0.227 e. The van der Waals surface area contributed by atoms with Crippen LogP contribution in [0.4, 0.5) is 0 Å². The van der Waals surface area contributed by atoms with Gasteiger partial charge in [-0.15, -0.1) is 0 Å². The molecule has 0 bridgehead atoms. The van der Waals surface area contributed by atoms with Gasteiger partial charge >= 0.3 is 0 Å². The Labute approximate surface area is 148 Å². The number of nitrogens with two attached hydrogens (primary N) is 1. The third-order valence-corrected chi connectivity index (χ3v) is 4.01. The molecule has 4 nitrogen and oxygen atoms in total. The summed E-state index contributed by atoms with van der Waals surface area (Å²) >= 11 is 0. The highest BCUT2D eigenvalue weighted by Gasteiger charge is 2.20. The number of fused-ring (bicyclic) bond motifs is 1. The van der Waals surface area contributed by atoms with Gasteiger partial charge in [0, 0.05) is 24.0 Å². The second-order valence-electron chi connectivity index (χ2n) is 5.77. The van der Waals surface area contributed by atoms with Crippen molar-refractivity contribution in [1.29, 1.82) is 0 Å². The first-order valence-corrected chi connectivity index (χ1v) is 8.24. The van der Waals surface area contributed by atoms with Crippen molar-refractivity contribution in [2.24, 2.45) is 5.73 Å². The number of allylic oxidation sites excluding steroid dienone is 3. The van der Waals surface area contributed by atoms with Crippen LogP contribution in [-0.2, 0) is 16.1 Å². The van der Waals surface area contributed by atoms with Gasteiger partial charge in [-0.2, -0.15) is 0 Å². The second kappa shape index (κ2) is 8.70. The number of hydrogen-bond donors (Lipinski definition) is 1. The van der Waals surface area contributed by atoms with E-state index in [1.165, 1.54) is 0 Å². The van der Waals surface area contributed by atoms with Crippen LogP contribution >= 0.6 is 0 Å². The van der Waals surface area contributed by atoms with E-state index in [0.29, 0.717) is 43.5 Å². The van der Waals surface area contributed by atoms with Gasteiger partial charge in [0.2, 0.25) is 11.8 Å². The van der Waals surface area contributed by atoms with Gasteiger partial charge < -0.3 is 10.6 Å². The van der Waals surface area contributed by atoms with Gasteiger partial charge in [-0.3, -0.25) is 9.59 Å². The fourth-order valence-corrected chi connectivity index (χ4v) is 2.69. The zero-order valence-electron chi connectivity index (χ0n) is 14.3. The SMILES string of the molecule is C=C/C1=C(\C=C)N(C(=O)CCCCC(N)=O)Cc2ccccc2C#C1. The number of carbonyl (C=O) groups excluding carboxylic acids is 2. The average molecular weight is 334 g/mol. The van der Waals surface area contributed by atoms with Gasteiger partial charge in [-0.05, 0) is 30.5 Å². The van der Waals surface area contributed by atoms with Crippen LogP contribution in [0.2, 0.25) is 0 Å². The minimum absolute atomic E-state index is 0.0303. The van der Waals surface area contributed by atoms with Crippen molar-refractivity contribution in [2.75, 3.05) is 0 Å². The Morgan fingerprint density at radius 3 is 2.52 bits per heavy atom. The maximum Gasteiger partial charge on any atom is 0.227 e. The van der Waals surface area contributed by atoms with E-state index in [-0.39, 0.29) is 11.8 Å². The van der Waals surface area contributed by atoms with Crippen LogP contribution in [0.25, 0.3) is 0 Å². The fourth-order valence-electron chi connectivity index (χ4n) is 2.69. The molecular weight excluding hydrogens is 312 g/mol. The highest BCUT2D eigenvalue weighted by Crippen LogP contribution is 2.22. The van der Waals surface area contributed by atoms with Crippen LogP contribution in [0.15, 0.2) is 60.8 Å². The van der Waals surface area contributed by atoms with E-state index in [2.05, 4.69) is 25.0 Å². The molecule has 0 aliphatic carbocycles. The Balaban J connectivity index is 2.30. The van der Waals surface area contributed by atoms with E-state index in [9.17, 15) is 9.59 Å². The molecule has 2 N–H and O–H groups in total. The molecule has 2 amide bonds. The largest absolute Gasteiger partial charge is 0.370 e. The molecule has 1 aromatic rings. The third kappa shape index (κ3) is 4.71. The Bertz CT molecular complexity index is 794. The molecule has 4 heteroatoms. The zero-order valence-corrected chi connectivity index (χ0v) is 14.3. The highest BCUT2D eigenvalue weighted by atomic mass is 16.2. The molecule has 0 atom stereocenters. The summed E-state index contributed by atoms with van der Waals surface area (Å²) in [6.45, 7) is 8.07. The number of primary amides is 1. The van der Waals surface area contributed by atoms with E-state index in [0.717, 1.165) is 11.1 Å². The number of unbranched alkanes of at least 4 members (excludes halogenated alkanes) is 1. The summed E-state index contributed by atoms with van der Waals surface area (Å²) in [4.78, 5) is 25.3. The third-order valence-electron chi connectivity index (χ3n) is 4.01. The Morgan fingerprint density at radius 1 is 1.12 bits per heavy atom. The molecule has 128 valence electrons. The van der Waals surface area contributed by atoms with Crippen LogP contribution in [0, 0.1) is 11.8 Å². The first-order valence-electron chi connectivity index (χ1n) is 8.24. The molecule has 1 heterocycles. The minimum Gasteiger partial charge on any atom is -0.370 e. The lowest BCUT2D eigenvalue weighted by Crippen LogP contribution is -2.30. The first-order chi connectivity index (χ1) is 12.1. The Kier molecular flexibility index (Phi) is 6.36. The van der Waals surface area contributed by atoms with Crippen LogP contribution in [0.3, 0.4) is 0 Å². The summed E-state index contributed by atoms with van der Waals surface area (Å²) in [6.07, 6.45) is 5.13. The molecule has 0 saturated heterocycles. The van der Waals surface area contributed by atoms with Crippen molar-refractivity contribution < 1.29 is 9.59 Å². The highest BCUT2D eigenvalue weighted by molar-refractivity contribution is 5.80. The summed E-state index contributed by atoms with van der Waals surface area (Å²) < 4.78 is 0. The lowest BCUT2D eigenvalue weighted by atomic mass is 10.0. The molecule has 1 aromatic carbocycles. The number of carbonyl (C=O) groups is 2. The quantitative estimate of drug-likeness (QED) is 0.615. The van der Waals surface area contributed by atoms with Crippen molar-refractivity contribution in [3.8, 4) is 11.8 Å². The minimum atomic E-state index is -0.344. The average Bonchev–Trinajstić information content (AvgIpc) is 2.59. The van der Waals surface area contributed by atoms with Crippen molar-refractivity contribution in [2.45, 2.75) is 32.2 Å². The Hall–Kier alpha value is -3.06. The van der Waals surface area contributed by atoms with Gasteiger partial charge in [0.25, 0.3) is 0 Å². The van der Waals surface area contributed by atoms with Gasteiger partial charge in [0.1, 0.15) is 0 Å². The van der Waals surface area contributed by atoms with Gasteiger partial charge in [-0.1, -0.05) is 49.3 Å². The number of benzene rings is 1. The number of hydrogen-bond acceptors (Lipinski definition) is 2. The van der Waals surface area contributed by atoms with Gasteiger partial charge in [-0.25, -0.2) is 0 Å². The zero-order chi connectivity index (χ0) is 18.2. The van der Waals surface area contributed by atoms with Crippen LogP contribution in [0.5, 0.6) is 0 Å². The molecule has 0 radical (unpaired) electrons. The molecule has 1 aliphatic rings. The molecule has 0 spiro atoms. The summed E-state index contributed by atoms with van der Waals surface area (Å²) in [5.74, 6) is 5.84. The number of rotatable bonds is 7. The first kappa shape index (κ1) is 18.3. The van der Waals surface area contributed by atoms with E-state index in [1.807, 2.05) is 24.3 Å². The van der Waals surface area contributed by atoms with Gasteiger partial charge in [0.05, 0.1) is 12.2 Å². The standard InChI is InChI=1S/C21H22N2O2/c1-3-16-13-14-17-9-5-6-10-18(17)15-23(19(16)4-2)21(25)12-8-7-11-20(22)24/h3-6,9-10H,1-2,7-8,11-12,15H2,(H2,22,24)/b19-16-. The Morgan fingerprint density at radius 2 is 1.84 bits per heavy atom. The van der Waals surface area contributed by atoms with Crippen molar-refractivity contribution in [3.63, 3.8) is 0 Å². The van der Waals surface area contributed by atoms with E-state index in [1.54, 1.807) is 17.1 Å². The van der Waals surface area contributed by atoms with E-state index < -0.39 is 0 Å². The molecule has 0 fully saturated rings.